The number of benzene rings is 1. The first-order chi connectivity index (χ1) is 13.0. The van der Waals surface area contributed by atoms with Crippen molar-refractivity contribution < 1.29 is 14.3 Å². The summed E-state index contributed by atoms with van der Waals surface area (Å²) < 4.78 is 6.50. The van der Waals surface area contributed by atoms with Crippen molar-refractivity contribution in [3.8, 4) is 0 Å². The molecule has 0 aliphatic carbocycles. The van der Waals surface area contributed by atoms with Gasteiger partial charge < -0.3 is 4.74 Å². The SMILES string of the molecule is CCCCn1nc(C(=O)OCC(=O)c2ccc(C)s2)c2ccccc2c1=O. The largest absolute Gasteiger partial charge is 0.452 e. The molecule has 0 unspecified atom stereocenters. The van der Waals surface area contributed by atoms with Gasteiger partial charge in [0.05, 0.1) is 10.3 Å². The van der Waals surface area contributed by atoms with Gasteiger partial charge in [0.2, 0.25) is 5.78 Å². The fourth-order valence-corrected chi connectivity index (χ4v) is 3.49. The van der Waals surface area contributed by atoms with Gasteiger partial charge in [-0.25, -0.2) is 9.48 Å². The van der Waals surface area contributed by atoms with E-state index >= 15 is 0 Å². The highest BCUT2D eigenvalue weighted by Crippen LogP contribution is 2.17. The standard InChI is InChI=1S/C20H20N2O4S/c1-3-4-11-22-19(24)15-8-6-5-7-14(15)18(21-22)20(25)26-12-16(23)17-10-9-13(2)27-17/h5-10H,3-4,11-12H2,1-2H3. The summed E-state index contributed by atoms with van der Waals surface area (Å²) in [6, 6.07) is 10.4. The first kappa shape index (κ1) is 19.0. The maximum atomic E-state index is 12.6. The Balaban J connectivity index is 1.88. The molecule has 0 amide bonds. The second-order valence-electron chi connectivity index (χ2n) is 6.19. The molecule has 7 heteroatoms. The zero-order valence-corrected chi connectivity index (χ0v) is 16.0. The molecule has 0 spiro atoms. The van der Waals surface area contributed by atoms with Crippen molar-refractivity contribution in [2.24, 2.45) is 0 Å². The number of unbranched alkanes of at least 4 members (excludes halogenated alkanes) is 1. The van der Waals surface area contributed by atoms with E-state index in [2.05, 4.69) is 5.10 Å². The summed E-state index contributed by atoms with van der Waals surface area (Å²) in [6.45, 7) is 3.99. The molecule has 0 bridgehead atoms. The summed E-state index contributed by atoms with van der Waals surface area (Å²) in [5.41, 5.74) is -0.183. The lowest BCUT2D eigenvalue weighted by Gasteiger charge is -2.10. The monoisotopic (exact) mass is 384 g/mol. The van der Waals surface area contributed by atoms with Crippen LogP contribution in [0.4, 0.5) is 0 Å². The Morgan fingerprint density at radius 1 is 1.15 bits per heavy atom. The van der Waals surface area contributed by atoms with E-state index in [1.165, 1.54) is 16.0 Å². The topological polar surface area (TPSA) is 78.3 Å². The van der Waals surface area contributed by atoms with Crippen LogP contribution in [0.5, 0.6) is 0 Å². The lowest BCUT2D eigenvalue weighted by molar-refractivity contribution is 0.0469. The van der Waals surface area contributed by atoms with E-state index in [0.29, 0.717) is 22.2 Å². The Labute approximate surface area is 160 Å². The maximum absolute atomic E-state index is 12.6. The number of aryl methyl sites for hydroxylation is 2. The average molecular weight is 384 g/mol. The summed E-state index contributed by atoms with van der Waals surface area (Å²) >= 11 is 1.36. The average Bonchev–Trinajstić information content (AvgIpc) is 3.12. The Morgan fingerprint density at radius 3 is 2.56 bits per heavy atom. The predicted molar refractivity (Wildman–Crippen MR) is 105 cm³/mol. The highest BCUT2D eigenvalue weighted by Gasteiger charge is 2.19. The number of fused-ring (bicyclic) bond motifs is 1. The van der Waals surface area contributed by atoms with E-state index in [1.807, 2.05) is 19.9 Å². The van der Waals surface area contributed by atoms with Gasteiger partial charge in [-0.1, -0.05) is 31.5 Å². The number of ether oxygens (including phenoxy) is 1. The van der Waals surface area contributed by atoms with E-state index < -0.39 is 5.97 Å². The van der Waals surface area contributed by atoms with Crippen LogP contribution >= 0.6 is 11.3 Å². The Kier molecular flexibility index (Phi) is 5.81. The van der Waals surface area contributed by atoms with Gasteiger partial charge >= 0.3 is 5.97 Å². The van der Waals surface area contributed by atoms with E-state index in [4.69, 9.17) is 4.74 Å². The number of aromatic nitrogens is 2. The molecule has 0 fully saturated rings. The summed E-state index contributed by atoms with van der Waals surface area (Å²) in [5, 5.41) is 5.06. The van der Waals surface area contributed by atoms with Gasteiger partial charge in [-0.15, -0.1) is 11.3 Å². The zero-order chi connectivity index (χ0) is 19.4. The molecule has 0 N–H and O–H groups in total. The molecular weight excluding hydrogens is 364 g/mol. The van der Waals surface area contributed by atoms with Crippen molar-refractivity contribution in [2.45, 2.75) is 33.2 Å². The molecule has 0 aliphatic heterocycles. The number of esters is 1. The highest BCUT2D eigenvalue weighted by molar-refractivity contribution is 7.14. The number of carbonyl (C=O) groups excluding carboxylic acids is 2. The number of rotatable bonds is 7. The third-order valence-corrected chi connectivity index (χ3v) is 5.18. The second kappa shape index (κ2) is 8.26. The number of hydrogen-bond acceptors (Lipinski definition) is 6. The molecule has 2 heterocycles. The number of hydrogen-bond donors (Lipinski definition) is 0. The summed E-state index contributed by atoms with van der Waals surface area (Å²) in [5.74, 6) is -0.969. The van der Waals surface area contributed by atoms with Gasteiger partial charge in [-0.05, 0) is 31.5 Å². The minimum Gasteiger partial charge on any atom is -0.452 e. The highest BCUT2D eigenvalue weighted by atomic mass is 32.1. The van der Waals surface area contributed by atoms with Crippen LogP contribution in [0, 0.1) is 6.92 Å². The smallest absolute Gasteiger partial charge is 0.359 e. The third kappa shape index (κ3) is 4.14. The normalized spacial score (nSPS) is 10.9. The third-order valence-electron chi connectivity index (χ3n) is 4.13. The lowest BCUT2D eigenvalue weighted by atomic mass is 10.1. The van der Waals surface area contributed by atoms with Crippen LogP contribution in [-0.2, 0) is 11.3 Å². The van der Waals surface area contributed by atoms with Gasteiger partial charge in [-0.2, -0.15) is 5.10 Å². The molecule has 3 rings (SSSR count). The van der Waals surface area contributed by atoms with Gasteiger partial charge in [0, 0.05) is 16.8 Å². The van der Waals surface area contributed by atoms with Crippen molar-refractivity contribution in [1.82, 2.24) is 9.78 Å². The van der Waals surface area contributed by atoms with Crippen molar-refractivity contribution >= 4 is 33.9 Å². The van der Waals surface area contributed by atoms with Crippen LogP contribution < -0.4 is 5.56 Å². The zero-order valence-electron chi connectivity index (χ0n) is 15.2. The number of Topliss-reactive ketones (excluding diaryl/α,β-unsaturated/α-hetero) is 1. The van der Waals surface area contributed by atoms with Crippen LogP contribution in [0.3, 0.4) is 0 Å². The Hall–Kier alpha value is -2.80. The summed E-state index contributed by atoms with van der Waals surface area (Å²) in [6.07, 6.45) is 1.67. The first-order valence-electron chi connectivity index (χ1n) is 8.78. The van der Waals surface area contributed by atoms with Gasteiger partial charge in [0.25, 0.3) is 5.56 Å². The Morgan fingerprint density at radius 2 is 1.89 bits per heavy atom. The molecule has 0 atom stereocenters. The predicted octanol–water partition coefficient (Wildman–Crippen LogP) is 3.61. The van der Waals surface area contributed by atoms with E-state index in [-0.39, 0.29) is 23.6 Å². The van der Waals surface area contributed by atoms with Gasteiger partial charge in [0.15, 0.2) is 12.3 Å². The minimum atomic E-state index is -0.710. The molecular formula is C20H20N2O4S. The molecule has 6 nitrogen and oxygen atoms in total. The number of ketones is 1. The summed E-state index contributed by atoms with van der Waals surface area (Å²) in [7, 11) is 0. The fraction of sp³-hybridized carbons (Fsp3) is 0.300. The lowest BCUT2D eigenvalue weighted by Crippen LogP contribution is -2.27. The van der Waals surface area contributed by atoms with Crippen molar-refractivity contribution in [1.29, 1.82) is 0 Å². The molecule has 0 aliphatic rings. The molecule has 0 saturated carbocycles. The van der Waals surface area contributed by atoms with Crippen molar-refractivity contribution in [3.63, 3.8) is 0 Å². The first-order valence-corrected chi connectivity index (χ1v) is 9.59. The van der Waals surface area contributed by atoms with Crippen LogP contribution in [0.25, 0.3) is 10.8 Å². The van der Waals surface area contributed by atoms with Gasteiger partial charge in [0.1, 0.15) is 0 Å². The van der Waals surface area contributed by atoms with Gasteiger partial charge in [-0.3, -0.25) is 9.59 Å². The van der Waals surface area contributed by atoms with Crippen LogP contribution in [0.15, 0.2) is 41.2 Å². The van der Waals surface area contributed by atoms with Crippen molar-refractivity contribution in [2.75, 3.05) is 6.61 Å². The van der Waals surface area contributed by atoms with Crippen molar-refractivity contribution in [3.05, 3.63) is 62.2 Å². The molecule has 0 radical (unpaired) electrons. The quantitative estimate of drug-likeness (QED) is 0.459. The maximum Gasteiger partial charge on any atom is 0.359 e. The second-order valence-corrected chi connectivity index (χ2v) is 7.47. The number of thiophene rings is 1. The molecule has 140 valence electrons. The van der Waals surface area contributed by atoms with E-state index in [1.54, 1.807) is 30.3 Å². The molecule has 27 heavy (non-hydrogen) atoms. The molecule has 1 aromatic carbocycles. The minimum absolute atomic E-state index is 0.0523. The summed E-state index contributed by atoms with van der Waals surface area (Å²) in [4.78, 5) is 38.9. The van der Waals surface area contributed by atoms with E-state index in [9.17, 15) is 14.4 Å². The Bertz CT molecular complexity index is 1050. The van der Waals surface area contributed by atoms with Crippen LogP contribution in [0.2, 0.25) is 0 Å². The molecule has 3 aromatic rings. The number of carbonyl (C=O) groups is 2. The van der Waals surface area contributed by atoms with Crippen LogP contribution in [-0.4, -0.2) is 28.1 Å². The van der Waals surface area contributed by atoms with Crippen LogP contribution in [0.1, 0.15) is 44.8 Å². The fourth-order valence-electron chi connectivity index (χ4n) is 2.70. The van der Waals surface area contributed by atoms with E-state index in [0.717, 1.165) is 17.7 Å². The number of nitrogens with zero attached hydrogens (tertiary/aromatic N) is 2. The molecule has 0 saturated heterocycles. The molecule has 2 aromatic heterocycles.